The zero-order valence-electron chi connectivity index (χ0n) is 17.0. The van der Waals surface area contributed by atoms with Gasteiger partial charge in [-0.05, 0) is 48.7 Å². The molecule has 0 bridgehead atoms. The maximum absolute atomic E-state index is 12.5. The predicted molar refractivity (Wildman–Crippen MR) is 118 cm³/mol. The van der Waals surface area contributed by atoms with E-state index in [0.717, 1.165) is 28.1 Å². The van der Waals surface area contributed by atoms with Gasteiger partial charge in [-0.3, -0.25) is 9.78 Å². The fourth-order valence-electron chi connectivity index (χ4n) is 3.15. The summed E-state index contributed by atoms with van der Waals surface area (Å²) in [5.41, 5.74) is 4.43. The van der Waals surface area contributed by atoms with Crippen LogP contribution in [0.15, 0.2) is 67.3 Å². The summed E-state index contributed by atoms with van der Waals surface area (Å²) in [5.74, 6) is 0.458. The minimum atomic E-state index is -0.220. The van der Waals surface area contributed by atoms with Gasteiger partial charge in [-0.1, -0.05) is 18.2 Å². The van der Waals surface area contributed by atoms with E-state index in [2.05, 4.69) is 30.6 Å². The number of aromatic nitrogens is 4. The molecule has 4 rings (SSSR count). The molecule has 0 aliphatic rings. The van der Waals surface area contributed by atoms with Crippen molar-refractivity contribution in [1.29, 1.82) is 0 Å². The predicted octanol–water partition coefficient (Wildman–Crippen LogP) is 3.60. The number of hydrogen-bond donors (Lipinski definition) is 4. The van der Waals surface area contributed by atoms with E-state index in [1.165, 1.54) is 0 Å². The summed E-state index contributed by atoms with van der Waals surface area (Å²) in [4.78, 5) is 28.5. The Bertz CT molecular complexity index is 1190. The number of pyridine rings is 1. The van der Waals surface area contributed by atoms with Crippen LogP contribution in [0.25, 0.3) is 11.3 Å². The molecule has 0 aliphatic heterocycles. The Hall–Kier alpha value is -4.20. The molecule has 8 heteroatoms. The maximum Gasteiger partial charge on any atom is 0.267 e. The second-order valence-electron chi connectivity index (χ2n) is 7.03. The Morgan fingerprint density at radius 2 is 2.03 bits per heavy atom. The molecule has 4 N–H and O–H groups in total. The van der Waals surface area contributed by atoms with E-state index in [4.69, 9.17) is 0 Å². The Labute approximate surface area is 179 Å². The minimum Gasteiger partial charge on any atom is -0.508 e. The summed E-state index contributed by atoms with van der Waals surface area (Å²) in [6.07, 6.45) is 7.42. The molecular weight excluding hydrogens is 392 g/mol. The Morgan fingerprint density at radius 3 is 2.84 bits per heavy atom. The normalized spacial score (nSPS) is 10.6. The lowest BCUT2D eigenvalue weighted by atomic mass is 10.1. The van der Waals surface area contributed by atoms with Crippen molar-refractivity contribution >= 4 is 17.5 Å². The molecule has 1 aromatic carbocycles. The number of phenols is 1. The molecule has 0 saturated carbocycles. The number of nitrogens with one attached hydrogen (secondary N) is 3. The molecule has 0 saturated heterocycles. The first-order valence-electron chi connectivity index (χ1n) is 9.84. The Morgan fingerprint density at radius 1 is 1.16 bits per heavy atom. The molecule has 0 unspecified atom stereocenters. The molecule has 0 spiro atoms. The number of aryl methyl sites for hydroxylation is 1. The van der Waals surface area contributed by atoms with Gasteiger partial charge in [-0.15, -0.1) is 0 Å². The standard InChI is InChI=1S/C23H22N6O2/c1-15-12-27-23(28-18-6-4-9-24-14-18)29-21(15)17-11-19(26-13-17)22(31)25-10-8-16-5-2-3-7-20(16)30/h2-7,9,11-14,26,30H,8,10H2,1H3,(H,25,31)(H,27,28,29). The molecule has 31 heavy (non-hydrogen) atoms. The summed E-state index contributed by atoms with van der Waals surface area (Å²) in [5, 5.41) is 15.8. The lowest BCUT2D eigenvalue weighted by Crippen LogP contribution is -2.25. The number of amides is 1. The van der Waals surface area contributed by atoms with Crippen LogP contribution >= 0.6 is 0 Å². The van der Waals surface area contributed by atoms with Crippen molar-refractivity contribution < 1.29 is 9.90 Å². The fraction of sp³-hybridized carbons (Fsp3) is 0.130. The van der Waals surface area contributed by atoms with Crippen molar-refractivity contribution in [2.24, 2.45) is 0 Å². The number of H-pyrrole nitrogens is 1. The van der Waals surface area contributed by atoms with Crippen LogP contribution in [0.3, 0.4) is 0 Å². The van der Waals surface area contributed by atoms with Gasteiger partial charge in [-0.2, -0.15) is 0 Å². The number of aromatic hydroxyl groups is 1. The van der Waals surface area contributed by atoms with E-state index in [0.29, 0.717) is 24.6 Å². The fourth-order valence-corrected chi connectivity index (χ4v) is 3.15. The van der Waals surface area contributed by atoms with E-state index < -0.39 is 0 Å². The first-order chi connectivity index (χ1) is 15.1. The van der Waals surface area contributed by atoms with E-state index >= 15 is 0 Å². The van der Waals surface area contributed by atoms with Crippen molar-refractivity contribution in [1.82, 2.24) is 25.3 Å². The second kappa shape index (κ2) is 9.08. The smallest absolute Gasteiger partial charge is 0.267 e. The molecule has 0 fully saturated rings. The van der Waals surface area contributed by atoms with Crippen molar-refractivity contribution in [2.75, 3.05) is 11.9 Å². The number of carbonyl (C=O) groups excluding carboxylic acids is 1. The molecule has 8 nitrogen and oxygen atoms in total. The third kappa shape index (κ3) is 4.87. The van der Waals surface area contributed by atoms with Gasteiger partial charge in [0.1, 0.15) is 11.4 Å². The van der Waals surface area contributed by atoms with Gasteiger partial charge < -0.3 is 20.7 Å². The number of aromatic amines is 1. The first-order valence-corrected chi connectivity index (χ1v) is 9.84. The van der Waals surface area contributed by atoms with Gasteiger partial charge in [0.05, 0.1) is 17.6 Å². The molecule has 156 valence electrons. The van der Waals surface area contributed by atoms with Crippen LogP contribution < -0.4 is 10.6 Å². The number of rotatable bonds is 7. The molecule has 0 atom stereocenters. The highest BCUT2D eigenvalue weighted by Crippen LogP contribution is 2.24. The Balaban J connectivity index is 1.43. The minimum absolute atomic E-state index is 0.220. The number of nitrogens with zero attached hydrogens (tertiary/aromatic N) is 3. The largest absolute Gasteiger partial charge is 0.508 e. The molecule has 3 heterocycles. The number of carbonyl (C=O) groups is 1. The van der Waals surface area contributed by atoms with Crippen LogP contribution in [-0.4, -0.2) is 37.5 Å². The third-order valence-electron chi connectivity index (χ3n) is 4.76. The average molecular weight is 414 g/mol. The molecule has 0 aliphatic carbocycles. The molecule has 4 aromatic rings. The van der Waals surface area contributed by atoms with Gasteiger partial charge in [0.2, 0.25) is 5.95 Å². The molecule has 1 amide bonds. The SMILES string of the molecule is Cc1cnc(Nc2cccnc2)nc1-c1c[nH]c(C(=O)NCCc2ccccc2O)c1. The third-order valence-corrected chi connectivity index (χ3v) is 4.76. The molecule has 0 radical (unpaired) electrons. The van der Waals surface area contributed by atoms with Gasteiger partial charge in [0.25, 0.3) is 5.91 Å². The first kappa shape index (κ1) is 20.1. The number of para-hydroxylation sites is 1. The van der Waals surface area contributed by atoms with Crippen molar-refractivity contribution in [3.8, 4) is 17.0 Å². The monoisotopic (exact) mass is 414 g/mol. The highest BCUT2D eigenvalue weighted by Gasteiger charge is 2.13. The number of anilines is 2. The molecule has 3 aromatic heterocycles. The van der Waals surface area contributed by atoms with Crippen molar-refractivity contribution in [3.63, 3.8) is 0 Å². The lowest BCUT2D eigenvalue weighted by molar-refractivity contribution is 0.0949. The van der Waals surface area contributed by atoms with Crippen LogP contribution in [0.5, 0.6) is 5.75 Å². The zero-order chi connectivity index (χ0) is 21.6. The number of phenolic OH excluding ortho intramolecular Hbond substituents is 1. The van der Waals surface area contributed by atoms with Crippen LogP contribution in [0.2, 0.25) is 0 Å². The quantitative estimate of drug-likeness (QED) is 0.367. The van der Waals surface area contributed by atoms with Gasteiger partial charge in [0.15, 0.2) is 0 Å². The van der Waals surface area contributed by atoms with E-state index in [9.17, 15) is 9.90 Å². The van der Waals surface area contributed by atoms with Crippen LogP contribution in [0.4, 0.5) is 11.6 Å². The molecular formula is C23H22N6O2. The van der Waals surface area contributed by atoms with Crippen LogP contribution in [-0.2, 0) is 6.42 Å². The highest BCUT2D eigenvalue weighted by molar-refractivity contribution is 5.93. The highest BCUT2D eigenvalue weighted by atomic mass is 16.3. The van der Waals surface area contributed by atoms with Gasteiger partial charge in [0, 0.05) is 30.7 Å². The maximum atomic E-state index is 12.5. The van der Waals surface area contributed by atoms with E-state index in [-0.39, 0.29) is 11.7 Å². The lowest BCUT2D eigenvalue weighted by Gasteiger charge is -2.07. The summed E-state index contributed by atoms with van der Waals surface area (Å²) in [6.45, 7) is 2.33. The van der Waals surface area contributed by atoms with Crippen molar-refractivity contribution in [3.05, 3.63) is 84.1 Å². The van der Waals surface area contributed by atoms with E-state index in [1.807, 2.05) is 31.2 Å². The number of benzene rings is 1. The van der Waals surface area contributed by atoms with Gasteiger partial charge >= 0.3 is 0 Å². The zero-order valence-corrected chi connectivity index (χ0v) is 17.0. The second-order valence-corrected chi connectivity index (χ2v) is 7.03. The van der Waals surface area contributed by atoms with Gasteiger partial charge in [-0.25, -0.2) is 9.97 Å². The summed E-state index contributed by atoms with van der Waals surface area (Å²) in [6, 6.07) is 12.6. The summed E-state index contributed by atoms with van der Waals surface area (Å²) < 4.78 is 0. The topological polar surface area (TPSA) is 116 Å². The van der Waals surface area contributed by atoms with Crippen LogP contribution in [0, 0.1) is 6.92 Å². The van der Waals surface area contributed by atoms with Crippen LogP contribution in [0.1, 0.15) is 21.6 Å². The van der Waals surface area contributed by atoms with Crippen molar-refractivity contribution in [2.45, 2.75) is 13.3 Å². The summed E-state index contributed by atoms with van der Waals surface area (Å²) >= 11 is 0. The Kier molecular flexibility index (Phi) is 5.89. The summed E-state index contributed by atoms with van der Waals surface area (Å²) in [7, 11) is 0. The average Bonchev–Trinajstić information content (AvgIpc) is 3.27. The number of hydrogen-bond acceptors (Lipinski definition) is 6. The van der Waals surface area contributed by atoms with E-state index in [1.54, 1.807) is 43.0 Å².